The molecule has 0 spiro atoms. The van der Waals surface area contributed by atoms with Crippen LogP contribution in [-0.2, 0) is 0 Å². The fourth-order valence-electron chi connectivity index (χ4n) is 0.984. The monoisotopic (exact) mass is 232 g/mol. The van der Waals surface area contributed by atoms with E-state index < -0.39 is 17.5 Å². The summed E-state index contributed by atoms with van der Waals surface area (Å²) in [7, 11) is 0. The summed E-state index contributed by atoms with van der Waals surface area (Å²) < 4.78 is 50.1. The van der Waals surface area contributed by atoms with Crippen LogP contribution < -0.4 is 5.32 Å². The highest BCUT2D eigenvalue weighted by molar-refractivity contribution is 5.48. The maximum atomic E-state index is 12.5. The first kappa shape index (κ1) is 12.3. The van der Waals surface area contributed by atoms with Crippen LogP contribution >= 0.6 is 0 Å². The summed E-state index contributed by atoms with van der Waals surface area (Å²) in [6.45, 7) is 0.719. The van der Waals surface area contributed by atoms with Crippen LogP contribution in [0.3, 0.4) is 0 Å². The first-order valence-electron chi connectivity index (χ1n) is 4.30. The highest BCUT2D eigenvalue weighted by Gasteiger charge is 2.52. The van der Waals surface area contributed by atoms with E-state index in [1.54, 1.807) is 0 Å². The van der Waals surface area contributed by atoms with Gasteiger partial charge >= 0.3 is 6.18 Å². The average Bonchev–Trinajstić information content (AvgIpc) is 2.19. The van der Waals surface area contributed by atoms with Gasteiger partial charge in [-0.2, -0.15) is 18.4 Å². The van der Waals surface area contributed by atoms with E-state index in [0.717, 1.165) is 37.3 Å². The smallest absolute Gasteiger partial charge is 0.360 e. The van der Waals surface area contributed by atoms with Crippen LogP contribution in [0.25, 0.3) is 0 Å². The first-order valence-corrected chi connectivity index (χ1v) is 4.30. The maximum Gasteiger partial charge on any atom is 0.424 e. The number of halogens is 4. The van der Waals surface area contributed by atoms with Crippen LogP contribution in [0, 0.1) is 17.1 Å². The Morgan fingerprint density at radius 1 is 1.19 bits per heavy atom. The van der Waals surface area contributed by atoms with E-state index in [1.165, 1.54) is 0 Å². The number of benzene rings is 1. The van der Waals surface area contributed by atoms with Crippen molar-refractivity contribution in [2.24, 2.45) is 0 Å². The topological polar surface area (TPSA) is 35.8 Å². The molecule has 1 atom stereocenters. The zero-order valence-corrected chi connectivity index (χ0v) is 8.27. The summed E-state index contributed by atoms with van der Waals surface area (Å²) in [5.41, 5.74) is -2.66. The Labute approximate surface area is 89.5 Å². The lowest BCUT2D eigenvalue weighted by atomic mass is 10.0. The third-order valence-electron chi connectivity index (χ3n) is 2.03. The van der Waals surface area contributed by atoms with Crippen molar-refractivity contribution in [1.82, 2.24) is 0 Å². The quantitative estimate of drug-likeness (QED) is 0.795. The zero-order valence-electron chi connectivity index (χ0n) is 8.27. The number of rotatable bonds is 2. The number of hydrogen-bond donors (Lipinski definition) is 1. The van der Waals surface area contributed by atoms with Crippen molar-refractivity contribution < 1.29 is 17.6 Å². The van der Waals surface area contributed by atoms with Crippen LogP contribution in [0.1, 0.15) is 6.92 Å². The van der Waals surface area contributed by atoms with Gasteiger partial charge in [0.2, 0.25) is 5.54 Å². The molecule has 2 nitrogen and oxygen atoms in total. The summed E-state index contributed by atoms with van der Waals surface area (Å²) in [6.07, 6.45) is -4.71. The predicted octanol–water partition coefficient (Wildman–Crippen LogP) is 3.08. The van der Waals surface area contributed by atoms with Crippen LogP contribution in [0.5, 0.6) is 0 Å². The second kappa shape index (κ2) is 4.00. The third-order valence-corrected chi connectivity index (χ3v) is 2.03. The van der Waals surface area contributed by atoms with Gasteiger partial charge in [-0.25, -0.2) is 4.39 Å². The van der Waals surface area contributed by atoms with E-state index in [1.807, 2.05) is 5.32 Å². The minimum atomic E-state index is -4.71. The average molecular weight is 232 g/mol. The Kier molecular flexibility index (Phi) is 3.08. The van der Waals surface area contributed by atoms with Gasteiger partial charge in [0.05, 0.1) is 0 Å². The van der Waals surface area contributed by atoms with Gasteiger partial charge in [0, 0.05) is 5.69 Å². The number of anilines is 1. The minimum Gasteiger partial charge on any atom is -0.360 e. The highest BCUT2D eigenvalue weighted by atomic mass is 19.4. The van der Waals surface area contributed by atoms with Gasteiger partial charge in [0.25, 0.3) is 0 Å². The molecule has 0 fully saturated rings. The standard InChI is InChI=1S/C10H8F4N2/c1-9(6-15,10(12,13)14)16-8-4-2-7(11)3-5-8/h2-5,16H,1H3. The van der Waals surface area contributed by atoms with Gasteiger partial charge in [0.1, 0.15) is 11.9 Å². The van der Waals surface area contributed by atoms with Crippen molar-refractivity contribution in [3.05, 3.63) is 30.1 Å². The molecule has 0 amide bonds. The lowest BCUT2D eigenvalue weighted by Gasteiger charge is -2.26. The Morgan fingerprint density at radius 2 is 1.69 bits per heavy atom. The van der Waals surface area contributed by atoms with E-state index >= 15 is 0 Å². The fourth-order valence-corrected chi connectivity index (χ4v) is 0.984. The molecule has 0 heterocycles. The molecular weight excluding hydrogens is 224 g/mol. The van der Waals surface area contributed by atoms with E-state index in [-0.39, 0.29) is 5.69 Å². The van der Waals surface area contributed by atoms with Crippen LogP contribution in [0.2, 0.25) is 0 Å². The van der Waals surface area contributed by atoms with Gasteiger partial charge in [-0.3, -0.25) is 0 Å². The van der Waals surface area contributed by atoms with Crippen molar-refractivity contribution in [1.29, 1.82) is 5.26 Å². The van der Waals surface area contributed by atoms with E-state index in [0.29, 0.717) is 0 Å². The third kappa shape index (κ3) is 2.42. The molecule has 16 heavy (non-hydrogen) atoms. The number of nitrogens with one attached hydrogen (secondary N) is 1. The summed E-state index contributed by atoms with van der Waals surface area (Å²) >= 11 is 0. The van der Waals surface area contributed by atoms with Crippen molar-refractivity contribution in [2.45, 2.75) is 18.6 Å². The van der Waals surface area contributed by atoms with Crippen molar-refractivity contribution in [3.63, 3.8) is 0 Å². The molecule has 1 unspecified atom stereocenters. The predicted molar refractivity (Wildman–Crippen MR) is 50.1 cm³/mol. The second-order valence-electron chi connectivity index (χ2n) is 3.37. The van der Waals surface area contributed by atoms with Crippen molar-refractivity contribution >= 4 is 5.69 Å². The molecule has 0 bridgehead atoms. The van der Waals surface area contributed by atoms with Gasteiger partial charge < -0.3 is 5.32 Å². The minimum absolute atomic E-state index is 0.0303. The molecule has 1 aromatic carbocycles. The van der Waals surface area contributed by atoms with Crippen LogP contribution in [-0.4, -0.2) is 11.7 Å². The lowest BCUT2D eigenvalue weighted by molar-refractivity contribution is -0.158. The number of nitrogens with zero attached hydrogens (tertiary/aromatic N) is 1. The summed E-state index contributed by atoms with van der Waals surface area (Å²) in [5, 5.41) is 10.5. The molecule has 0 saturated carbocycles. The number of nitriles is 1. The molecule has 0 saturated heterocycles. The number of hydrogen-bond acceptors (Lipinski definition) is 2. The summed E-state index contributed by atoms with van der Waals surface area (Å²) in [5.74, 6) is -0.559. The van der Waals surface area contributed by atoms with Crippen molar-refractivity contribution in [2.75, 3.05) is 5.32 Å². The Balaban J connectivity index is 2.95. The van der Waals surface area contributed by atoms with Crippen molar-refractivity contribution in [3.8, 4) is 6.07 Å². The maximum absolute atomic E-state index is 12.5. The molecule has 0 aromatic heterocycles. The summed E-state index contributed by atoms with van der Waals surface area (Å²) in [4.78, 5) is 0. The molecule has 0 aliphatic heterocycles. The molecule has 6 heteroatoms. The molecular formula is C10H8F4N2. The molecule has 0 aliphatic rings. The molecule has 1 N–H and O–H groups in total. The Bertz CT molecular complexity index is 404. The first-order chi connectivity index (χ1) is 7.28. The van der Waals surface area contributed by atoms with Gasteiger partial charge in [-0.05, 0) is 31.2 Å². The normalized spacial score (nSPS) is 15.0. The number of alkyl halides is 3. The lowest BCUT2D eigenvalue weighted by Crippen LogP contribution is -2.47. The summed E-state index contributed by atoms with van der Waals surface area (Å²) in [6, 6.07) is 5.44. The van der Waals surface area contributed by atoms with Gasteiger partial charge in [-0.1, -0.05) is 0 Å². The van der Waals surface area contributed by atoms with Gasteiger partial charge in [-0.15, -0.1) is 0 Å². The fraction of sp³-hybridized carbons (Fsp3) is 0.300. The Hall–Kier alpha value is -1.77. The highest BCUT2D eigenvalue weighted by Crippen LogP contribution is 2.32. The second-order valence-corrected chi connectivity index (χ2v) is 3.37. The molecule has 1 aromatic rings. The van der Waals surface area contributed by atoms with Crippen LogP contribution in [0.4, 0.5) is 23.2 Å². The SMILES string of the molecule is CC(C#N)(Nc1ccc(F)cc1)C(F)(F)F. The van der Waals surface area contributed by atoms with E-state index in [2.05, 4.69) is 0 Å². The molecule has 86 valence electrons. The van der Waals surface area contributed by atoms with Crippen LogP contribution in [0.15, 0.2) is 24.3 Å². The molecule has 0 radical (unpaired) electrons. The largest absolute Gasteiger partial charge is 0.424 e. The molecule has 1 rings (SSSR count). The molecule has 0 aliphatic carbocycles. The Morgan fingerprint density at radius 3 is 2.06 bits per heavy atom. The van der Waals surface area contributed by atoms with E-state index in [9.17, 15) is 17.6 Å². The van der Waals surface area contributed by atoms with Gasteiger partial charge in [0.15, 0.2) is 0 Å². The zero-order chi connectivity index (χ0) is 12.4. The van der Waals surface area contributed by atoms with E-state index in [4.69, 9.17) is 5.26 Å².